The fourth-order valence-corrected chi connectivity index (χ4v) is 2.44. The molecule has 0 bridgehead atoms. The Morgan fingerprint density at radius 1 is 1.22 bits per heavy atom. The normalized spacial score (nSPS) is 20.2. The second-order valence-electron chi connectivity index (χ2n) is 5.02. The molecule has 1 fully saturated rings. The molecule has 5 nitrogen and oxygen atoms in total. The lowest BCUT2D eigenvalue weighted by Crippen LogP contribution is -2.42. The Bertz CT molecular complexity index is 393. The van der Waals surface area contributed by atoms with Crippen molar-refractivity contribution in [3.8, 4) is 0 Å². The number of rotatable bonds is 4. The van der Waals surface area contributed by atoms with Gasteiger partial charge in [-0.15, -0.1) is 5.10 Å². The van der Waals surface area contributed by atoms with E-state index in [-0.39, 0.29) is 0 Å². The smallest absolute Gasteiger partial charge is 0.245 e. The molecule has 18 heavy (non-hydrogen) atoms. The van der Waals surface area contributed by atoms with E-state index in [9.17, 15) is 0 Å². The summed E-state index contributed by atoms with van der Waals surface area (Å²) in [6, 6.07) is 0.551. The molecule has 0 radical (unpaired) electrons. The van der Waals surface area contributed by atoms with Crippen molar-refractivity contribution in [1.82, 2.24) is 20.5 Å². The van der Waals surface area contributed by atoms with E-state index >= 15 is 0 Å². The minimum atomic E-state index is 0.551. The molecule has 1 aromatic heterocycles. The van der Waals surface area contributed by atoms with Gasteiger partial charge in [-0.1, -0.05) is 0 Å². The Morgan fingerprint density at radius 3 is 2.78 bits per heavy atom. The summed E-state index contributed by atoms with van der Waals surface area (Å²) in [6.07, 6.45) is 4.92. The molecule has 1 aromatic rings. The second-order valence-corrected chi connectivity index (χ2v) is 5.02. The highest BCUT2D eigenvalue weighted by molar-refractivity contribution is 5.32. The van der Waals surface area contributed by atoms with Gasteiger partial charge in [-0.3, -0.25) is 0 Å². The van der Waals surface area contributed by atoms with Crippen LogP contribution in [0.4, 0.5) is 5.95 Å². The first-order valence-electron chi connectivity index (χ1n) is 6.81. The number of piperidine rings is 1. The van der Waals surface area contributed by atoms with Crippen molar-refractivity contribution in [2.75, 3.05) is 25.0 Å². The number of aromatic nitrogens is 3. The molecule has 0 aliphatic carbocycles. The number of nitrogens with one attached hydrogen (secondary N) is 1. The highest BCUT2D eigenvalue weighted by Gasteiger charge is 2.24. The maximum Gasteiger partial charge on any atom is 0.245 e. The lowest BCUT2D eigenvalue weighted by Gasteiger charge is -2.35. The zero-order valence-electron chi connectivity index (χ0n) is 11.6. The Balaban J connectivity index is 2.14. The maximum absolute atomic E-state index is 4.59. The van der Waals surface area contributed by atoms with Crippen LogP contribution in [0.1, 0.15) is 37.1 Å². The van der Waals surface area contributed by atoms with E-state index < -0.39 is 0 Å². The third kappa shape index (κ3) is 2.96. The van der Waals surface area contributed by atoms with E-state index in [0.29, 0.717) is 6.04 Å². The molecular formula is C13H23N5. The molecule has 0 saturated carbocycles. The van der Waals surface area contributed by atoms with Crippen LogP contribution in [0, 0.1) is 13.8 Å². The predicted octanol–water partition coefficient (Wildman–Crippen LogP) is 1.46. The van der Waals surface area contributed by atoms with E-state index in [1.54, 1.807) is 0 Å². The zero-order chi connectivity index (χ0) is 13.0. The third-order valence-corrected chi connectivity index (χ3v) is 3.69. The molecule has 100 valence electrons. The van der Waals surface area contributed by atoms with Crippen molar-refractivity contribution < 1.29 is 0 Å². The van der Waals surface area contributed by atoms with Crippen LogP contribution in [0.2, 0.25) is 0 Å². The molecule has 1 aliphatic heterocycles. The van der Waals surface area contributed by atoms with Gasteiger partial charge in [0, 0.05) is 12.6 Å². The quantitative estimate of drug-likeness (QED) is 0.875. The van der Waals surface area contributed by atoms with Gasteiger partial charge in [-0.25, -0.2) is 4.98 Å². The third-order valence-electron chi connectivity index (χ3n) is 3.69. The van der Waals surface area contributed by atoms with Crippen LogP contribution in [-0.4, -0.2) is 41.4 Å². The van der Waals surface area contributed by atoms with Crippen molar-refractivity contribution in [1.29, 1.82) is 0 Å². The van der Waals surface area contributed by atoms with Crippen molar-refractivity contribution in [2.24, 2.45) is 0 Å². The van der Waals surface area contributed by atoms with Crippen molar-refractivity contribution in [3.63, 3.8) is 0 Å². The maximum atomic E-state index is 4.59. The van der Waals surface area contributed by atoms with Crippen LogP contribution in [0.3, 0.4) is 0 Å². The SMILES string of the molecule is CNCCC1CCCCN1c1nnc(C)c(C)n1. The molecular weight excluding hydrogens is 226 g/mol. The molecule has 5 heteroatoms. The van der Waals surface area contributed by atoms with Crippen molar-refractivity contribution in [3.05, 3.63) is 11.4 Å². The van der Waals surface area contributed by atoms with E-state index in [4.69, 9.17) is 0 Å². The average Bonchev–Trinajstić information content (AvgIpc) is 2.40. The molecule has 0 spiro atoms. The highest BCUT2D eigenvalue weighted by atomic mass is 15.3. The van der Waals surface area contributed by atoms with Gasteiger partial charge in [0.05, 0.1) is 11.4 Å². The second kappa shape index (κ2) is 6.09. The van der Waals surface area contributed by atoms with Crippen molar-refractivity contribution in [2.45, 2.75) is 45.6 Å². The van der Waals surface area contributed by atoms with E-state index in [1.165, 1.54) is 19.3 Å². The Hall–Kier alpha value is -1.23. The van der Waals surface area contributed by atoms with E-state index in [0.717, 1.165) is 36.8 Å². The number of aryl methyl sites for hydroxylation is 2. The number of hydrogen-bond acceptors (Lipinski definition) is 5. The summed E-state index contributed by atoms with van der Waals surface area (Å²) in [5, 5.41) is 11.7. The standard InChI is InChI=1S/C13H23N5/c1-10-11(2)16-17-13(15-10)18-9-5-4-6-12(18)7-8-14-3/h12,14H,4-9H2,1-3H3. The van der Waals surface area contributed by atoms with E-state index in [2.05, 4.69) is 25.4 Å². The summed E-state index contributed by atoms with van der Waals surface area (Å²) < 4.78 is 0. The minimum absolute atomic E-state index is 0.551. The van der Waals surface area contributed by atoms with Crippen LogP contribution < -0.4 is 10.2 Å². The fourth-order valence-electron chi connectivity index (χ4n) is 2.44. The zero-order valence-corrected chi connectivity index (χ0v) is 11.6. The lowest BCUT2D eigenvalue weighted by molar-refractivity contribution is 0.425. The Morgan fingerprint density at radius 2 is 2.06 bits per heavy atom. The fraction of sp³-hybridized carbons (Fsp3) is 0.769. The van der Waals surface area contributed by atoms with Crippen LogP contribution in [0.5, 0.6) is 0 Å². The number of hydrogen-bond donors (Lipinski definition) is 1. The summed E-state index contributed by atoms with van der Waals surface area (Å²) in [7, 11) is 2.00. The van der Waals surface area contributed by atoms with Crippen LogP contribution in [0.15, 0.2) is 0 Å². The minimum Gasteiger partial charge on any atom is -0.336 e. The van der Waals surface area contributed by atoms with Crippen LogP contribution in [-0.2, 0) is 0 Å². The summed E-state index contributed by atoms with van der Waals surface area (Å²) in [4.78, 5) is 6.92. The van der Waals surface area contributed by atoms with Crippen molar-refractivity contribution >= 4 is 5.95 Å². The predicted molar refractivity (Wildman–Crippen MR) is 72.8 cm³/mol. The molecule has 1 N–H and O–H groups in total. The van der Waals surface area contributed by atoms with Crippen LogP contribution >= 0.6 is 0 Å². The molecule has 2 rings (SSSR count). The first-order chi connectivity index (χ1) is 8.72. The lowest BCUT2D eigenvalue weighted by atomic mass is 10.00. The van der Waals surface area contributed by atoms with Gasteiger partial charge in [-0.2, -0.15) is 5.10 Å². The summed E-state index contributed by atoms with van der Waals surface area (Å²) in [5.74, 6) is 0.805. The molecule has 0 amide bonds. The van der Waals surface area contributed by atoms with Gasteiger partial charge in [0.1, 0.15) is 0 Å². The summed E-state index contributed by atoms with van der Waals surface area (Å²) >= 11 is 0. The highest BCUT2D eigenvalue weighted by Crippen LogP contribution is 2.23. The Kier molecular flexibility index (Phi) is 4.47. The average molecular weight is 249 g/mol. The number of nitrogens with zero attached hydrogens (tertiary/aromatic N) is 4. The molecule has 1 atom stereocenters. The first-order valence-corrected chi connectivity index (χ1v) is 6.81. The largest absolute Gasteiger partial charge is 0.336 e. The summed E-state index contributed by atoms with van der Waals surface area (Å²) in [5.41, 5.74) is 1.90. The topological polar surface area (TPSA) is 53.9 Å². The van der Waals surface area contributed by atoms with Gasteiger partial charge in [0.2, 0.25) is 5.95 Å². The Labute approximate surface area is 109 Å². The van der Waals surface area contributed by atoms with Gasteiger partial charge in [0.15, 0.2) is 0 Å². The molecule has 0 aromatic carbocycles. The van der Waals surface area contributed by atoms with Gasteiger partial charge < -0.3 is 10.2 Å². The van der Waals surface area contributed by atoms with E-state index in [1.807, 2.05) is 20.9 Å². The van der Waals surface area contributed by atoms with Gasteiger partial charge in [-0.05, 0) is 53.1 Å². The number of anilines is 1. The van der Waals surface area contributed by atoms with Crippen LogP contribution in [0.25, 0.3) is 0 Å². The monoisotopic (exact) mass is 249 g/mol. The molecule has 1 unspecified atom stereocenters. The summed E-state index contributed by atoms with van der Waals surface area (Å²) in [6.45, 7) is 6.05. The van der Waals surface area contributed by atoms with Gasteiger partial charge in [0.25, 0.3) is 0 Å². The first kappa shape index (κ1) is 13.2. The molecule has 1 aliphatic rings. The van der Waals surface area contributed by atoms with Gasteiger partial charge >= 0.3 is 0 Å². The molecule has 2 heterocycles. The molecule has 1 saturated heterocycles.